The van der Waals surface area contributed by atoms with E-state index in [1.807, 2.05) is 12.1 Å². The molecular weight excluding hydrogens is 286 g/mol. The van der Waals surface area contributed by atoms with Gasteiger partial charge in [-0.25, -0.2) is 4.79 Å². The fraction of sp³-hybridized carbons (Fsp3) is 0.375. The summed E-state index contributed by atoms with van der Waals surface area (Å²) in [4.78, 5) is 23.6. The Bertz CT molecular complexity index is 661. The van der Waals surface area contributed by atoms with Gasteiger partial charge in [-0.05, 0) is 31.4 Å². The zero-order valence-electron chi connectivity index (χ0n) is 12.2. The number of amides is 1. The summed E-state index contributed by atoms with van der Waals surface area (Å²) in [6.45, 7) is 0.0922. The van der Waals surface area contributed by atoms with Crippen LogP contribution in [0.5, 0.6) is 11.5 Å². The Morgan fingerprint density at radius 3 is 2.73 bits per heavy atom. The molecule has 0 aromatic heterocycles. The first-order valence-corrected chi connectivity index (χ1v) is 7.12. The van der Waals surface area contributed by atoms with Crippen molar-refractivity contribution in [2.75, 3.05) is 13.7 Å². The number of ether oxygens (including phenoxy) is 2. The van der Waals surface area contributed by atoms with Crippen molar-refractivity contribution in [2.24, 2.45) is 0 Å². The molecule has 0 radical (unpaired) electrons. The van der Waals surface area contributed by atoms with Gasteiger partial charge in [0.05, 0.1) is 12.7 Å². The highest BCUT2D eigenvalue weighted by Gasteiger charge is 2.46. The van der Waals surface area contributed by atoms with Gasteiger partial charge < -0.3 is 19.9 Å². The zero-order chi connectivity index (χ0) is 15.7. The summed E-state index contributed by atoms with van der Waals surface area (Å²) in [5.41, 5.74) is 0.0362. The van der Waals surface area contributed by atoms with E-state index < -0.39 is 17.4 Å². The lowest BCUT2D eigenvalue weighted by Crippen LogP contribution is -2.59. The minimum Gasteiger partial charge on any atom is -0.493 e. The number of carboxylic acid groups (broad SMARTS) is 1. The second-order valence-electron chi connectivity index (χ2n) is 5.53. The van der Waals surface area contributed by atoms with Crippen LogP contribution in [0.25, 0.3) is 6.08 Å². The van der Waals surface area contributed by atoms with Crippen molar-refractivity contribution in [3.05, 3.63) is 29.3 Å². The van der Waals surface area contributed by atoms with Crippen molar-refractivity contribution in [1.82, 2.24) is 5.32 Å². The molecule has 1 aromatic carbocycles. The molecule has 6 nitrogen and oxygen atoms in total. The van der Waals surface area contributed by atoms with Crippen molar-refractivity contribution in [3.63, 3.8) is 0 Å². The molecule has 6 heteroatoms. The van der Waals surface area contributed by atoms with Crippen LogP contribution in [0.4, 0.5) is 0 Å². The van der Waals surface area contributed by atoms with E-state index >= 15 is 0 Å². The van der Waals surface area contributed by atoms with Crippen LogP contribution in [0.1, 0.15) is 24.8 Å². The van der Waals surface area contributed by atoms with Crippen LogP contribution in [0.2, 0.25) is 0 Å². The van der Waals surface area contributed by atoms with Crippen molar-refractivity contribution in [2.45, 2.75) is 24.8 Å². The number of carbonyl (C=O) groups is 2. The number of hydrogen-bond donors (Lipinski definition) is 2. The second-order valence-corrected chi connectivity index (χ2v) is 5.53. The largest absolute Gasteiger partial charge is 0.493 e. The maximum absolute atomic E-state index is 12.3. The topological polar surface area (TPSA) is 84.9 Å². The molecule has 22 heavy (non-hydrogen) atoms. The van der Waals surface area contributed by atoms with E-state index in [2.05, 4.69) is 5.32 Å². The van der Waals surface area contributed by atoms with Crippen LogP contribution in [0, 0.1) is 0 Å². The monoisotopic (exact) mass is 303 g/mol. The number of aliphatic carboxylic acids is 1. The van der Waals surface area contributed by atoms with Gasteiger partial charge in [0, 0.05) is 5.56 Å². The third-order valence-corrected chi connectivity index (χ3v) is 4.19. The molecule has 1 aliphatic heterocycles. The summed E-state index contributed by atoms with van der Waals surface area (Å²) in [5, 5.41) is 11.9. The molecule has 1 saturated carbocycles. The van der Waals surface area contributed by atoms with E-state index in [0.717, 1.165) is 12.0 Å². The van der Waals surface area contributed by atoms with Gasteiger partial charge in [-0.1, -0.05) is 12.1 Å². The zero-order valence-corrected chi connectivity index (χ0v) is 12.2. The lowest BCUT2D eigenvalue weighted by molar-refractivity contribution is -0.151. The van der Waals surface area contributed by atoms with E-state index in [-0.39, 0.29) is 6.61 Å². The van der Waals surface area contributed by atoms with Gasteiger partial charge >= 0.3 is 5.97 Å². The molecule has 2 aliphatic rings. The summed E-state index contributed by atoms with van der Waals surface area (Å²) in [7, 11) is 1.55. The highest BCUT2D eigenvalue weighted by atomic mass is 16.5. The number of fused-ring (bicyclic) bond motifs is 1. The fourth-order valence-corrected chi connectivity index (χ4v) is 2.69. The number of carbonyl (C=O) groups excluding carboxylic acids is 1. The Morgan fingerprint density at radius 2 is 2.14 bits per heavy atom. The van der Waals surface area contributed by atoms with Crippen LogP contribution < -0.4 is 14.8 Å². The van der Waals surface area contributed by atoms with Crippen LogP contribution in [0.3, 0.4) is 0 Å². The van der Waals surface area contributed by atoms with Gasteiger partial charge in [0.2, 0.25) is 0 Å². The number of hydrogen-bond acceptors (Lipinski definition) is 4. The summed E-state index contributed by atoms with van der Waals surface area (Å²) >= 11 is 0. The molecule has 1 aromatic rings. The summed E-state index contributed by atoms with van der Waals surface area (Å²) in [6, 6.07) is 5.41. The van der Waals surface area contributed by atoms with Gasteiger partial charge in [-0.3, -0.25) is 4.79 Å². The first kappa shape index (κ1) is 14.4. The number of methoxy groups -OCH3 is 1. The van der Waals surface area contributed by atoms with E-state index in [0.29, 0.717) is 29.9 Å². The molecule has 2 N–H and O–H groups in total. The smallest absolute Gasteiger partial charge is 0.329 e. The van der Waals surface area contributed by atoms with E-state index in [4.69, 9.17) is 9.47 Å². The number of nitrogens with one attached hydrogen (secondary N) is 1. The summed E-state index contributed by atoms with van der Waals surface area (Å²) in [6.07, 6.45) is 3.45. The Balaban J connectivity index is 1.82. The van der Waals surface area contributed by atoms with Crippen LogP contribution in [0.15, 0.2) is 23.8 Å². The molecule has 3 rings (SSSR count). The molecule has 1 heterocycles. The SMILES string of the molecule is COc1cccc2c1OCC(C(=O)NC1(C(=O)O)CCC1)=C2. The highest BCUT2D eigenvalue weighted by Crippen LogP contribution is 2.36. The minimum atomic E-state index is -1.12. The standard InChI is InChI=1S/C16H17NO5/c1-21-12-5-2-4-10-8-11(9-22-13(10)12)14(18)17-16(15(19)20)6-3-7-16/h2,4-5,8H,3,6-7,9H2,1H3,(H,17,18)(H,19,20). The molecule has 1 amide bonds. The molecular formula is C16H17NO5. The number of rotatable bonds is 4. The lowest BCUT2D eigenvalue weighted by Gasteiger charge is -2.38. The summed E-state index contributed by atoms with van der Waals surface area (Å²) < 4.78 is 10.8. The molecule has 0 atom stereocenters. The Labute approximate surface area is 127 Å². The Kier molecular flexibility index (Phi) is 3.52. The first-order valence-electron chi connectivity index (χ1n) is 7.12. The van der Waals surface area contributed by atoms with Gasteiger partial charge in [0.15, 0.2) is 11.5 Å². The molecule has 0 spiro atoms. The quantitative estimate of drug-likeness (QED) is 0.882. The van der Waals surface area contributed by atoms with Crippen molar-refractivity contribution < 1.29 is 24.2 Å². The Morgan fingerprint density at radius 1 is 1.36 bits per heavy atom. The van der Waals surface area contributed by atoms with Crippen molar-refractivity contribution in [1.29, 1.82) is 0 Å². The maximum atomic E-state index is 12.3. The molecule has 0 saturated heterocycles. The van der Waals surface area contributed by atoms with Gasteiger partial charge in [0.1, 0.15) is 12.1 Å². The Hall–Kier alpha value is -2.50. The fourth-order valence-electron chi connectivity index (χ4n) is 2.69. The molecule has 1 aliphatic carbocycles. The van der Waals surface area contributed by atoms with E-state index in [1.165, 1.54) is 0 Å². The van der Waals surface area contributed by atoms with Gasteiger partial charge in [-0.15, -0.1) is 0 Å². The third kappa shape index (κ3) is 2.30. The lowest BCUT2D eigenvalue weighted by atomic mass is 9.76. The van der Waals surface area contributed by atoms with Gasteiger partial charge in [-0.2, -0.15) is 0 Å². The van der Waals surface area contributed by atoms with Crippen LogP contribution in [-0.2, 0) is 9.59 Å². The van der Waals surface area contributed by atoms with Crippen molar-refractivity contribution >= 4 is 18.0 Å². The highest BCUT2D eigenvalue weighted by molar-refractivity contribution is 6.02. The third-order valence-electron chi connectivity index (χ3n) is 4.19. The predicted molar refractivity (Wildman–Crippen MR) is 78.8 cm³/mol. The number of carboxylic acids is 1. The predicted octanol–water partition coefficient (Wildman–Crippen LogP) is 1.59. The van der Waals surface area contributed by atoms with Crippen LogP contribution in [-0.4, -0.2) is 36.2 Å². The molecule has 1 fully saturated rings. The van der Waals surface area contributed by atoms with Crippen molar-refractivity contribution in [3.8, 4) is 11.5 Å². The van der Waals surface area contributed by atoms with E-state index in [9.17, 15) is 14.7 Å². The number of benzene rings is 1. The average molecular weight is 303 g/mol. The minimum absolute atomic E-state index is 0.0922. The van der Waals surface area contributed by atoms with Gasteiger partial charge in [0.25, 0.3) is 5.91 Å². The normalized spacial score (nSPS) is 18.1. The molecule has 0 bridgehead atoms. The van der Waals surface area contributed by atoms with Crippen LogP contribution >= 0.6 is 0 Å². The molecule has 116 valence electrons. The first-order chi connectivity index (χ1) is 10.6. The summed E-state index contributed by atoms with van der Waals surface area (Å²) in [5.74, 6) is -0.172. The second kappa shape index (κ2) is 5.36. The molecule has 0 unspecified atom stereocenters. The average Bonchev–Trinajstić information content (AvgIpc) is 2.49. The number of para-hydroxylation sites is 1. The maximum Gasteiger partial charge on any atom is 0.329 e. The van der Waals surface area contributed by atoms with E-state index in [1.54, 1.807) is 19.3 Å².